The summed E-state index contributed by atoms with van der Waals surface area (Å²) >= 11 is 1.26. The molecular weight excluding hydrogens is 442 g/mol. The molecule has 0 aliphatic heterocycles. The molecule has 170 valence electrons. The number of ether oxygens (including phenoxy) is 3. The highest BCUT2D eigenvalue weighted by atomic mass is 32.1. The number of nitrogens with one attached hydrogen (secondary N) is 1. The number of nitrogens with zero attached hydrogens (tertiary/aromatic N) is 1. The molecule has 0 saturated carbocycles. The van der Waals surface area contributed by atoms with Crippen LogP contribution in [0.3, 0.4) is 0 Å². The number of primary amides is 1. The molecule has 3 N–H and O–H groups in total. The van der Waals surface area contributed by atoms with E-state index in [1.54, 1.807) is 6.92 Å². The van der Waals surface area contributed by atoms with Crippen LogP contribution in [0.1, 0.15) is 44.5 Å². The third-order valence-corrected chi connectivity index (χ3v) is 5.96. The minimum Gasteiger partial charge on any atom is -0.493 e. The highest BCUT2D eigenvalue weighted by molar-refractivity contribution is 7.17. The van der Waals surface area contributed by atoms with Crippen LogP contribution in [0.15, 0.2) is 12.1 Å². The first-order chi connectivity index (χ1) is 15.3. The minimum atomic E-state index is -1.08. The predicted molar refractivity (Wildman–Crippen MR) is 115 cm³/mol. The van der Waals surface area contributed by atoms with Crippen molar-refractivity contribution in [3.8, 4) is 11.5 Å². The molecule has 1 aliphatic carbocycles. The van der Waals surface area contributed by atoms with Gasteiger partial charge in [0, 0.05) is 10.9 Å². The quantitative estimate of drug-likeness (QED) is 0.326. The van der Waals surface area contributed by atoms with Crippen LogP contribution >= 0.6 is 11.3 Å². The molecule has 32 heavy (non-hydrogen) atoms. The maximum absolute atomic E-state index is 12.5. The van der Waals surface area contributed by atoms with E-state index >= 15 is 0 Å². The molecule has 0 spiro atoms. The summed E-state index contributed by atoms with van der Waals surface area (Å²) in [5.41, 5.74) is 5.63. The van der Waals surface area contributed by atoms with Gasteiger partial charge in [-0.15, -0.1) is 11.3 Å². The van der Waals surface area contributed by atoms with Crippen molar-refractivity contribution < 1.29 is 33.5 Å². The average Bonchev–Trinajstić information content (AvgIpc) is 3.32. The molecule has 3 rings (SSSR count). The zero-order valence-corrected chi connectivity index (χ0v) is 18.2. The number of hydrogen-bond donors (Lipinski definition) is 2. The molecule has 0 unspecified atom stereocenters. The van der Waals surface area contributed by atoms with E-state index in [9.17, 15) is 24.5 Å². The number of carbonyl (C=O) groups is 3. The second kappa shape index (κ2) is 9.64. The van der Waals surface area contributed by atoms with Gasteiger partial charge in [0.05, 0.1) is 30.3 Å². The second-order valence-corrected chi connectivity index (χ2v) is 7.87. The van der Waals surface area contributed by atoms with Crippen molar-refractivity contribution >= 4 is 39.8 Å². The lowest BCUT2D eigenvalue weighted by Crippen LogP contribution is -2.23. The lowest BCUT2D eigenvalue weighted by molar-refractivity contribution is -0.385. The fraction of sp³-hybridized carbons (Fsp3) is 0.350. The van der Waals surface area contributed by atoms with Gasteiger partial charge in [-0.25, -0.2) is 4.79 Å². The molecular formula is C20H21N3O8S. The van der Waals surface area contributed by atoms with Crippen molar-refractivity contribution in [3.05, 3.63) is 43.8 Å². The van der Waals surface area contributed by atoms with Gasteiger partial charge in [-0.1, -0.05) is 0 Å². The Balaban J connectivity index is 1.75. The molecule has 1 aromatic carbocycles. The normalized spacial score (nSPS) is 12.1. The van der Waals surface area contributed by atoms with E-state index in [-0.39, 0.29) is 29.2 Å². The van der Waals surface area contributed by atoms with Crippen molar-refractivity contribution in [1.29, 1.82) is 0 Å². The summed E-state index contributed by atoms with van der Waals surface area (Å²) in [7, 11) is 1.31. The Morgan fingerprint density at radius 1 is 1.25 bits per heavy atom. The largest absolute Gasteiger partial charge is 0.493 e. The fourth-order valence-corrected chi connectivity index (χ4v) is 4.73. The number of esters is 1. The topological polar surface area (TPSA) is 160 Å². The van der Waals surface area contributed by atoms with Crippen LogP contribution in [0.2, 0.25) is 0 Å². The van der Waals surface area contributed by atoms with Gasteiger partial charge in [-0.2, -0.15) is 0 Å². The first-order valence-electron chi connectivity index (χ1n) is 9.67. The summed E-state index contributed by atoms with van der Waals surface area (Å²) in [5, 5.41) is 14.2. The van der Waals surface area contributed by atoms with Crippen molar-refractivity contribution in [1.82, 2.24) is 0 Å². The summed E-state index contributed by atoms with van der Waals surface area (Å²) in [4.78, 5) is 48.3. The van der Waals surface area contributed by atoms with E-state index in [0.29, 0.717) is 11.4 Å². The number of fused-ring (bicyclic) bond motifs is 1. The number of benzene rings is 1. The number of carbonyl (C=O) groups excluding carboxylic acids is 3. The van der Waals surface area contributed by atoms with E-state index in [0.717, 1.165) is 35.4 Å². The average molecular weight is 463 g/mol. The summed E-state index contributed by atoms with van der Waals surface area (Å²) in [6.45, 7) is 1.22. The molecule has 1 aliphatic rings. The number of thiophene rings is 1. The van der Waals surface area contributed by atoms with Gasteiger partial charge in [0.1, 0.15) is 10.6 Å². The third kappa shape index (κ3) is 4.64. The van der Waals surface area contributed by atoms with E-state index < -0.39 is 35.0 Å². The molecule has 0 saturated heterocycles. The van der Waals surface area contributed by atoms with Crippen molar-refractivity contribution in [2.45, 2.75) is 26.2 Å². The number of nitro benzene ring substituents is 1. The van der Waals surface area contributed by atoms with Crippen LogP contribution in [-0.2, 0) is 22.4 Å². The van der Waals surface area contributed by atoms with E-state index in [1.807, 2.05) is 0 Å². The molecule has 0 fully saturated rings. The highest BCUT2D eigenvalue weighted by Crippen LogP contribution is 2.39. The van der Waals surface area contributed by atoms with Gasteiger partial charge in [-0.3, -0.25) is 19.7 Å². The molecule has 12 heteroatoms. The number of hydrogen-bond acceptors (Lipinski definition) is 9. The van der Waals surface area contributed by atoms with Crippen LogP contribution in [0.4, 0.5) is 10.7 Å². The Bertz CT molecular complexity index is 1090. The summed E-state index contributed by atoms with van der Waals surface area (Å²) in [6, 6.07) is 2.18. The van der Waals surface area contributed by atoms with Crippen LogP contribution in [0.5, 0.6) is 11.5 Å². The van der Waals surface area contributed by atoms with Crippen molar-refractivity contribution in [2.24, 2.45) is 5.73 Å². The highest BCUT2D eigenvalue weighted by Gasteiger charge is 2.28. The van der Waals surface area contributed by atoms with Gasteiger partial charge >= 0.3 is 5.97 Å². The first-order valence-corrected chi connectivity index (χ1v) is 10.5. The standard InChI is InChI=1S/C20H21N3O8S/c1-3-30-14-7-11(12(23(27)28)8-13(14)29-2)20(26)31-9-16(24)22-19-17(18(21)25)10-5-4-6-15(10)32-19/h7-8H,3-6,9H2,1-2H3,(H2,21,25)(H,22,24). The van der Waals surface area contributed by atoms with Gasteiger partial charge in [0.2, 0.25) is 0 Å². The van der Waals surface area contributed by atoms with Crippen molar-refractivity contribution in [3.63, 3.8) is 0 Å². The number of amides is 2. The molecule has 1 aromatic heterocycles. The SMILES string of the molecule is CCOc1cc(C(=O)OCC(=O)Nc2sc3c(c2C(N)=O)CCC3)c([N+](=O)[O-])cc1OC. The maximum atomic E-state index is 12.5. The Kier molecular flexibility index (Phi) is 6.93. The fourth-order valence-electron chi connectivity index (χ4n) is 3.42. The van der Waals surface area contributed by atoms with Crippen LogP contribution in [0.25, 0.3) is 0 Å². The van der Waals surface area contributed by atoms with Crippen LogP contribution < -0.4 is 20.5 Å². The molecule has 2 aromatic rings. The lowest BCUT2D eigenvalue weighted by atomic mass is 10.1. The van der Waals surface area contributed by atoms with Gasteiger partial charge in [0.25, 0.3) is 17.5 Å². The number of anilines is 1. The third-order valence-electron chi connectivity index (χ3n) is 4.75. The summed E-state index contributed by atoms with van der Waals surface area (Å²) in [5.74, 6) is -2.23. The Labute approximate surface area is 186 Å². The lowest BCUT2D eigenvalue weighted by Gasteiger charge is -2.12. The summed E-state index contributed by atoms with van der Waals surface area (Å²) < 4.78 is 15.4. The summed E-state index contributed by atoms with van der Waals surface area (Å²) in [6.07, 6.45) is 2.42. The molecule has 0 radical (unpaired) electrons. The van der Waals surface area contributed by atoms with E-state index in [2.05, 4.69) is 5.32 Å². The molecule has 0 atom stereocenters. The Hall–Kier alpha value is -3.67. The molecule has 2 amide bonds. The van der Waals surface area contributed by atoms with Crippen LogP contribution in [0, 0.1) is 10.1 Å². The number of nitro groups is 1. The van der Waals surface area contributed by atoms with Gasteiger partial charge in [-0.05, 0) is 31.7 Å². The number of methoxy groups -OCH3 is 1. The number of nitrogens with two attached hydrogens (primary N) is 1. The first kappa shape index (κ1) is 23.0. The number of rotatable bonds is 9. The zero-order chi connectivity index (χ0) is 23.4. The monoisotopic (exact) mass is 463 g/mol. The van der Waals surface area contributed by atoms with Crippen molar-refractivity contribution in [2.75, 3.05) is 25.6 Å². The Morgan fingerprint density at radius 3 is 2.62 bits per heavy atom. The molecule has 1 heterocycles. The van der Waals surface area contributed by atoms with E-state index in [4.69, 9.17) is 19.9 Å². The molecule has 0 bridgehead atoms. The second-order valence-electron chi connectivity index (χ2n) is 6.76. The van der Waals surface area contributed by atoms with Gasteiger partial charge < -0.3 is 25.3 Å². The smallest absolute Gasteiger partial charge is 0.345 e. The predicted octanol–water partition coefficient (Wildman–Crippen LogP) is 2.45. The van der Waals surface area contributed by atoms with Crippen LogP contribution in [-0.4, -0.2) is 43.0 Å². The Morgan fingerprint density at radius 2 is 2.00 bits per heavy atom. The molecule has 11 nitrogen and oxygen atoms in total. The number of aryl methyl sites for hydroxylation is 1. The maximum Gasteiger partial charge on any atom is 0.345 e. The zero-order valence-electron chi connectivity index (χ0n) is 17.4. The van der Waals surface area contributed by atoms with E-state index in [1.165, 1.54) is 18.4 Å². The minimum absolute atomic E-state index is 0.0811. The van der Waals surface area contributed by atoms with Gasteiger partial charge in [0.15, 0.2) is 18.1 Å².